The maximum Gasteiger partial charge on any atom is 0.149 e. The minimum Gasteiger partial charge on any atom is -0.319 e. The second kappa shape index (κ2) is 3.71. The number of hydrogen-bond acceptors (Lipinski definition) is 2. The van der Waals surface area contributed by atoms with E-state index in [0.717, 1.165) is 19.3 Å². The summed E-state index contributed by atoms with van der Waals surface area (Å²) < 4.78 is 0. The van der Waals surface area contributed by atoms with Crippen molar-refractivity contribution < 1.29 is 4.79 Å². The van der Waals surface area contributed by atoms with E-state index in [1.807, 2.05) is 0 Å². The van der Waals surface area contributed by atoms with Gasteiger partial charge in [-0.25, -0.2) is 0 Å². The number of carbonyl (C=O) groups excluding carboxylic acids is 1. The summed E-state index contributed by atoms with van der Waals surface area (Å²) >= 11 is 0. The topological polar surface area (TPSA) is 43.1 Å². The summed E-state index contributed by atoms with van der Waals surface area (Å²) in [6.45, 7) is 5.44. The van der Waals surface area contributed by atoms with Gasteiger partial charge in [-0.1, -0.05) is 19.8 Å². The van der Waals surface area contributed by atoms with Crippen molar-refractivity contribution in [3.8, 4) is 0 Å². The van der Waals surface area contributed by atoms with Gasteiger partial charge in [0.15, 0.2) is 0 Å². The number of ketones is 1. The number of nitrogens with two attached hydrogens (primary N) is 1. The molecule has 0 aromatic rings. The van der Waals surface area contributed by atoms with Gasteiger partial charge < -0.3 is 5.73 Å². The van der Waals surface area contributed by atoms with E-state index >= 15 is 0 Å². The van der Waals surface area contributed by atoms with Crippen LogP contribution in [-0.4, -0.2) is 11.3 Å². The lowest BCUT2D eigenvalue weighted by Gasteiger charge is -2.20. The van der Waals surface area contributed by atoms with Crippen molar-refractivity contribution in [3.05, 3.63) is 0 Å². The van der Waals surface area contributed by atoms with E-state index in [-0.39, 0.29) is 5.78 Å². The molecule has 0 rings (SSSR count). The van der Waals surface area contributed by atoms with Crippen LogP contribution in [0.4, 0.5) is 0 Å². The molecule has 0 spiro atoms. The van der Waals surface area contributed by atoms with E-state index in [2.05, 4.69) is 6.92 Å². The van der Waals surface area contributed by atoms with Crippen molar-refractivity contribution in [2.75, 3.05) is 0 Å². The molecule has 0 saturated heterocycles. The van der Waals surface area contributed by atoms with Gasteiger partial charge in [0, 0.05) is 0 Å². The molecule has 60 valence electrons. The molecule has 1 atom stereocenters. The maximum absolute atomic E-state index is 10.8. The monoisotopic (exact) mass is 143 g/mol. The Hall–Kier alpha value is -0.370. The Kier molecular flexibility index (Phi) is 3.58. The summed E-state index contributed by atoms with van der Waals surface area (Å²) in [4.78, 5) is 10.8. The Bertz CT molecular complexity index is 118. The molecule has 0 aliphatic carbocycles. The molecule has 0 unspecified atom stereocenters. The van der Waals surface area contributed by atoms with E-state index in [1.165, 1.54) is 0 Å². The maximum atomic E-state index is 10.8. The minimum atomic E-state index is -0.587. The van der Waals surface area contributed by atoms with Crippen LogP contribution in [0.5, 0.6) is 0 Å². The highest BCUT2D eigenvalue weighted by atomic mass is 16.1. The number of hydrogen-bond donors (Lipinski definition) is 1. The Labute approximate surface area is 62.8 Å². The molecule has 2 N–H and O–H groups in total. The van der Waals surface area contributed by atoms with Crippen LogP contribution in [0.3, 0.4) is 0 Å². The highest BCUT2D eigenvalue weighted by Crippen LogP contribution is 2.10. The van der Waals surface area contributed by atoms with E-state index in [9.17, 15) is 4.79 Å². The predicted octanol–water partition coefficient (Wildman–Crippen LogP) is 1.48. The third kappa shape index (κ3) is 2.97. The molecule has 0 saturated carbocycles. The second-order valence-corrected chi connectivity index (χ2v) is 3.08. The second-order valence-electron chi connectivity index (χ2n) is 3.08. The van der Waals surface area contributed by atoms with Gasteiger partial charge in [0.05, 0.1) is 5.54 Å². The first-order valence-electron chi connectivity index (χ1n) is 3.80. The van der Waals surface area contributed by atoms with Crippen molar-refractivity contribution in [1.82, 2.24) is 0 Å². The van der Waals surface area contributed by atoms with Crippen molar-refractivity contribution in [2.24, 2.45) is 5.73 Å². The lowest BCUT2D eigenvalue weighted by atomic mass is 9.92. The zero-order valence-corrected chi connectivity index (χ0v) is 7.11. The predicted molar refractivity (Wildman–Crippen MR) is 42.8 cm³/mol. The fourth-order valence-corrected chi connectivity index (χ4v) is 0.720. The molecule has 0 bridgehead atoms. The summed E-state index contributed by atoms with van der Waals surface area (Å²) in [5.74, 6) is 0.0842. The molecular weight excluding hydrogens is 126 g/mol. The van der Waals surface area contributed by atoms with Crippen LogP contribution in [0.25, 0.3) is 0 Å². The molecule has 0 aliphatic heterocycles. The van der Waals surface area contributed by atoms with Gasteiger partial charge in [-0.05, 0) is 20.3 Å². The number of Topliss-reactive ketones (excluding diaryl/α,β-unsaturated/α-hetero) is 1. The van der Waals surface area contributed by atoms with E-state index in [4.69, 9.17) is 5.73 Å². The molecule has 0 amide bonds. The normalized spacial score (nSPS) is 16.4. The molecule has 0 heterocycles. The van der Waals surface area contributed by atoms with Crippen LogP contribution in [0.1, 0.15) is 40.0 Å². The SMILES string of the molecule is CCCC[C@@](C)(N)C(C)=O. The Balaban J connectivity index is 3.75. The molecule has 0 radical (unpaired) electrons. The van der Waals surface area contributed by atoms with Crippen LogP contribution in [0.15, 0.2) is 0 Å². The molecule has 2 nitrogen and oxygen atoms in total. The number of rotatable bonds is 4. The fourth-order valence-electron chi connectivity index (χ4n) is 0.720. The smallest absolute Gasteiger partial charge is 0.149 e. The van der Waals surface area contributed by atoms with E-state index < -0.39 is 5.54 Å². The third-order valence-corrected chi connectivity index (χ3v) is 1.85. The van der Waals surface area contributed by atoms with E-state index in [0.29, 0.717) is 0 Å². The van der Waals surface area contributed by atoms with Crippen LogP contribution in [0, 0.1) is 0 Å². The molecular formula is C8H17NO. The van der Waals surface area contributed by atoms with Gasteiger partial charge in [-0.15, -0.1) is 0 Å². The average molecular weight is 143 g/mol. The largest absolute Gasteiger partial charge is 0.319 e. The van der Waals surface area contributed by atoms with Gasteiger partial charge in [0.2, 0.25) is 0 Å². The molecule has 0 fully saturated rings. The lowest BCUT2D eigenvalue weighted by Crippen LogP contribution is -2.43. The fraction of sp³-hybridized carbons (Fsp3) is 0.875. The zero-order chi connectivity index (χ0) is 8.20. The summed E-state index contributed by atoms with van der Waals surface area (Å²) in [6, 6.07) is 0. The minimum absolute atomic E-state index is 0.0842. The molecule has 0 aliphatic rings. The summed E-state index contributed by atoms with van der Waals surface area (Å²) in [5, 5.41) is 0. The average Bonchev–Trinajstić information content (AvgIpc) is 1.84. The molecule has 10 heavy (non-hydrogen) atoms. The number of carbonyl (C=O) groups is 1. The summed E-state index contributed by atoms with van der Waals surface area (Å²) in [7, 11) is 0. The first kappa shape index (κ1) is 9.63. The zero-order valence-electron chi connectivity index (χ0n) is 7.11. The van der Waals surface area contributed by atoms with Crippen LogP contribution in [0.2, 0.25) is 0 Å². The summed E-state index contributed by atoms with van der Waals surface area (Å²) in [6.07, 6.45) is 2.94. The molecule has 0 aromatic carbocycles. The first-order valence-corrected chi connectivity index (χ1v) is 3.80. The quantitative estimate of drug-likeness (QED) is 0.647. The van der Waals surface area contributed by atoms with Crippen LogP contribution < -0.4 is 5.73 Å². The van der Waals surface area contributed by atoms with Crippen molar-refractivity contribution in [2.45, 2.75) is 45.6 Å². The van der Waals surface area contributed by atoms with Crippen molar-refractivity contribution >= 4 is 5.78 Å². The number of unbranched alkanes of at least 4 members (excludes halogenated alkanes) is 1. The highest BCUT2D eigenvalue weighted by molar-refractivity contribution is 5.85. The highest BCUT2D eigenvalue weighted by Gasteiger charge is 2.22. The van der Waals surface area contributed by atoms with E-state index in [1.54, 1.807) is 13.8 Å². The lowest BCUT2D eigenvalue weighted by molar-refractivity contribution is -0.121. The standard InChI is InChI=1S/C8H17NO/c1-4-5-6-8(3,9)7(2)10/h4-6,9H2,1-3H3/t8-/m1/s1. The Morgan fingerprint density at radius 3 is 2.40 bits per heavy atom. The summed E-state index contributed by atoms with van der Waals surface area (Å²) in [5.41, 5.74) is 5.11. The van der Waals surface area contributed by atoms with Gasteiger partial charge in [0.25, 0.3) is 0 Å². The molecule has 2 heteroatoms. The van der Waals surface area contributed by atoms with Gasteiger partial charge in [-0.2, -0.15) is 0 Å². The first-order chi connectivity index (χ1) is 4.50. The Morgan fingerprint density at radius 1 is 1.60 bits per heavy atom. The van der Waals surface area contributed by atoms with Crippen molar-refractivity contribution in [1.29, 1.82) is 0 Å². The van der Waals surface area contributed by atoms with Gasteiger partial charge in [-0.3, -0.25) is 4.79 Å². The molecule has 0 aromatic heterocycles. The van der Waals surface area contributed by atoms with Gasteiger partial charge >= 0.3 is 0 Å². The van der Waals surface area contributed by atoms with Crippen molar-refractivity contribution in [3.63, 3.8) is 0 Å². The van der Waals surface area contributed by atoms with Crippen LogP contribution in [-0.2, 0) is 4.79 Å². The van der Waals surface area contributed by atoms with Crippen LogP contribution >= 0.6 is 0 Å². The Morgan fingerprint density at radius 2 is 2.10 bits per heavy atom. The van der Waals surface area contributed by atoms with Gasteiger partial charge in [0.1, 0.15) is 5.78 Å². The third-order valence-electron chi connectivity index (χ3n) is 1.85.